The molecular formula is C7H10O3. The van der Waals surface area contributed by atoms with Gasteiger partial charge in [-0.05, 0) is 0 Å². The van der Waals surface area contributed by atoms with Crippen molar-refractivity contribution in [3.05, 3.63) is 24.8 Å². The van der Waals surface area contributed by atoms with Crippen LogP contribution in [0.1, 0.15) is 0 Å². The second-order valence-corrected chi connectivity index (χ2v) is 1.74. The van der Waals surface area contributed by atoms with Gasteiger partial charge in [-0.1, -0.05) is 24.8 Å². The van der Waals surface area contributed by atoms with Crippen molar-refractivity contribution in [3.63, 3.8) is 0 Å². The van der Waals surface area contributed by atoms with Gasteiger partial charge in [-0.2, -0.15) is 0 Å². The molecule has 0 bridgehead atoms. The predicted molar refractivity (Wildman–Crippen MR) is 37.4 cm³/mol. The summed E-state index contributed by atoms with van der Waals surface area (Å²) in [6.07, 6.45) is 1.99. The van der Waals surface area contributed by atoms with Crippen molar-refractivity contribution < 1.29 is 15.0 Å². The Morgan fingerprint density at radius 1 is 1.30 bits per heavy atom. The minimum absolute atomic E-state index is 0.276. The zero-order valence-corrected chi connectivity index (χ0v) is 5.47. The molecule has 3 nitrogen and oxygen atoms in total. The van der Waals surface area contributed by atoms with E-state index >= 15 is 0 Å². The maximum Gasteiger partial charge on any atom is 0.151 e. The van der Waals surface area contributed by atoms with Crippen molar-refractivity contribution >= 4 is 6.29 Å². The van der Waals surface area contributed by atoms with Crippen LogP contribution in [0.15, 0.2) is 24.8 Å². The number of hydrogen-bond donors (Lipinski definition) is 2. The molecule has 0 aliphatic rings. The lowest BCUT2D eigenvalue weighted by atomic mass is 10.2. The highest BCUT2D eigenvalue weighted by atomic mass is 16.3. The lowest BCUT2D eigenvalue weighted by molar-refractivity contribution is -0.118. The monoisotopic (exact) mass is 142 g/mol. The topological polar surface area (TPSA) is 57.5 Å². The van der Waals surface area contributed by atoms with E-state index in [1.807, 2.05) is 0 Å². The highest BCUT2D eigenvalue weighted by Crippen LogP contribution is 1.91. The lowest BCUT2D eigenvalue weighted by Gasteiger charge is -2.05. The molecular weight excluding hydrogens is 132 g/mol. The van der Waals surface area contributed by atoms with Crippen LogP contribution in [-0.4, -0.2) is 28.7 Å². The van der Waals surface area contributed by atoms with Crippen LogP contribution in [0.3, 0.4) is 0 Å². The molecule has 0 spiro atoms. The van der Waals surface area contributed by atoms with E-state index in [0.717, 1.165) is 0 Å². The highest BCUT2D eigenvalue weighted by Gasteiger charge is 2.09. The fourth-order valence-corrected chi connectivity index (χ4v) is 0.387. The molecule has 2 atom stereocenters. The first kappa shape index (κ1) is 9.07. The minimum atomic E-state index is -1.34. The van der Waals surface area contributed by atoms with Gasteiger partial charge in [0.2, 0.25) is 0 Å². The Balaban J connectivity index is 3.81. The Morgan fingerprint density at radius 2 is 1.90 bits per heavy atom. The summed E-state index contributed by atoms with van der Waals surface area (Å²) in [6.45, 7) is 3.35. The largest absolute Gasteiger partial charge is 0.386 e. The van der Waals surface area contributed by atoms with Gasteiger partial charge < -0.3 is 15.0 Å². The van der Waals surface area contributed by atoms with Gasteiger partial charge in [0.05, 0.1) is 0 Å². The van der Waals surface area contributed by atoms with Crippen molar-refractivity contribution in [1.82, 2.24) is 0 Å². The molecule has 0 saturated carbocycles. The standard InChI is InChI=1S/C7H10O3/c1-2-3-4-6(9)7(10)5-8/h2-7,9-10H,1H2/b4-3+/t6-,7+/m0/s1. The van der Waals surface area contributed by atoms with Crippen LogP contribution in [0.5, 0.6) is 0 Å². The molecule has 0 saturated heterocycles. The fraction of sp³-hybridized carbons (Fsp3) is 0.286. The first-order chi connectivity index (χ1) is 4.72. The summed E-state index contributed by atoms with van der Waals surface area (Å²) in [5.41, 5.74) is 0. The number of carbonyl (C=O) groups excluding carboxylic acids is 1. The van der Waals surface area contributed by atoms with Crippen LogP contribution in [-0.2, 0) is 4.79 Å². The molecule has 0 amide bonds. The number of carbonyl (C=O) groups is 1. The average Bonchev–Trinajstić information content (AvgIpc) is 1.98. The van der Waals surface area contributed by atoms with Gasteiger partial charge >= 0.3 is 0 Å². The number of aliphatic hydroxyl groups is 2. The summed E-state index contributed by atoms with van der Waals surface area (Å²) in [5, 5.41) is 17.5. The summed E-state index contributed by atoms with van der Waals surface area (Å²) >= 11 is 0. The average molecular weight is 142 g/mol. The zero-order chi connectivity index (χ0) is 7.98. The molecule has 0 fully saturated rings. The summed E-state index contributed by atoms with van der Waals surface area (Å²) in [4.78, 5) is 9.84. The predicted octanol–water partition coefficient (Wildman–Crippen LogP) is -0.351. The quantitative estimate of drug-likeness (QED) is 0.416. The van der Waals surface area contributed by atoms with Crippen molar-refractivity contribution in [2.24, 2.45) is 0 Å². The first-order valence-electron chi connectivity index (χ1n) is 2.83. The third kappa shape index (κ3) is 3.17. The molecule has 0 unspecified atom stereocenters. The van der Waals surface area contributed by atoms with E-state index in [-0.39, 0.29) is 6.29 Å². The first-order valence-corrected chi connectivity index (χ1v) is 2.83. The molecule has 10 heavy (non-hydrogen) atoms. The van der Waals surface area contributed by atoms with E-state index in [0.29, 0.717) is 0 Å². The molecule has 0 aromatic heterocycles. The van der Waals surface area contributed by atoms with Crippen LogP contribution in [0.4, 0.5) is 0 Å². The second-order valence-electron chi connectivity index (χ2n) is 1.74. The van der Waals surface area contributed by atoms with E-state index in [1.54, 1.807) is 0 Å². The van der Waals surface area contributed by atoms with Crippen LogP contribution in [0.2, 0.25) is 0 Å². The van der Waals surface area contributed by atoms with Crippen molar-refractivity contribution in [1.29, 1.82) is 0 Å². The summed E-state index contributed by atoms with van der Waals surface area (Å²) < 4.78 is 0. The molecule has 0 aliphatic heterocycles. The van der Waals surface area contributed by atoms with Crippen molar-refractivity contribution in [2.75, 3.05) is 0 Å². The van der Waals surface area contributed by atoms with E-state index in [2.05, 4.69) is 6.58 Å². The number of hydrogen-bond acceptors (Lipinski definition) is 3. The molecule has 56 valence electrons. The molecule has 0 radical (unpaired) electrons. The Hall–Kier alpha value is -0.930. The molecule has 2 N–H and O–H groups in total. The molecule has 3 heteroatoms. The van der Waals surface area contributed by atoms with Crippen molar-refractivity contribution in [3.8, 4) is 0 Å². The summed E-state index contributed by atoms with van der Waals surface area (Å²) in [5.74, 6) is 0. The number of aldehydes is 1. The van der Waals surface area contributed by atoms with Gasteiger partial charge in [-0.25, -0.2) is 0 Å². The van der Waals surface area contributed by atoms with E-state index in [4.69, 9.17) is 10.2 Å². The van der Waals surface area contributed by atoms with E-state index in [9.17, 15) is 4.79 Å². The number of rotatable bonds is 4. The van der Waals surface area contributed by atoms with Crippen LogP contribution < -0.4 is 0 Å². The summed E-state index contributed by atoms with van der Waals surface area (Å²) in [6, 6.07) is 0. The third-order valence-corrected chi connectivity index (χ3v) is 0.934. The van der Waals surface area contributed by atoms with Crippen LogP contribution >= 0.6 is 0 Å². The third-order valence-electron chi connectivity index (χ3n) is 0.934. The molecule has 0 rings (SSSR count). The van der Waals surface area contributed by atoms with Gasteiger partial charge in [0.1, 0.15) is 12.2 Å². The Morgan fingerprint density at radius 3 is 2.30 bits per heavy atom. The smallest absolute Gasteiger partial charge is 0.151 e. The SMILES string of the molecule is C=C/C=C/[C@H](O)[C@H](O)C=O. The van der Waals surface area contributed by atoms with Crippen molar-refractivity contribution in [2.45, 2.75) is 12.2 Å². The minimum Gasteiger partial charge on any atom is -0.386 e. The van der Waals surface area contributed by atoms with Gasteiger partial charge in [-0.3, -0.25) is 0 Å². The Kier molecular flexibility index (Phi) is 4.45. The molecule has 0 heterocycles. The van der Waals surface area contributed by atoms with E-state index in [1.165, 1.54) is 18.2 Å². The Labute approximate surface area is 59.3 Å². The normalized spacial score (nSPS) is 16.6. The van der Waals surface area contributed by atoms with Gasteiger partial charge in [0, 0.05) is 0 Å². The van der Waals surface area contributed by atoms with Gasteiger partial charge in [0.15, 0.2) is 6.29 Å². The number of aliphatic hydroxyl groups excluding tert-OH is 2. The van der Waals surface area contributed by atoms with Gasteiger partial charge in [-0.15, -0.1) is 0 Å². The van der Waals surface area contributed by atoms with Crippen LogP contribution in [0, 0.1) is 0 Å². The maximum atomic E-state index is 9.84. The summed E-state index contributed by atoms with van der Waals surface area (Å²) in [7, 11) is 0. The van der Waals surface area contributed by atoms with Crippen LogP contribution in [0.25, 0.3) is 0 Å². The Bertz CT molecular complexity index is 140. The molecule has 0 aromatic carbocycles. The molecule has 0 aliphatic carbocycles. The fourth-order valence-electron chi connectivity index (χ4n) is 0.387. The second kappa shape index (κ2) is 4.90. The van der Waals surface area contributed by atoms with E-state index < -0.39 is 12.2 Å². The molecule has 0 aromatic rings. The lowest BCUT2D eigenvalue weighted by Crippen LogP contribution is -2.24. The highest BCUT2D eigenvalue weighted by molar-refractivity contribution is 5.57. The van der Waals surface area contributed by atoms with Gasteiger partial charge in [0.25, 0.3) is 0 Å². The number of allylic oxidation sites excluding steroid dienone is 2. The maximum absolute atomic E-state index is 9.84. The zero-order valence-electron chi connectivity index (χ0n) is 5.47.